The smallest absolute Gasteiger partial charge is 0.131 e. The third kappa shape index (κ3) is 3.20. The van der Waals surface area contributed by atoms with Crippen LogP contribution < -0.4 is 5.73 Å². The first kappa shape index (κ1) is 14.0. The summed E-state index contributed by atoms with van der Waals surface area (Å²) in [5.41, 5.74) is 5.98. The lowest BCUT2D eigenvalue weighted by Crippen LogP contribution is -2.37. The van der Waals surface area contributed by atoms with E-state index in [2.05, 4.69) is 0 Å². The summed E-state index contributed by atoms with van der Waals surface area (Å²) in [4.78, 5) is 2.12. The van der Waals surface area contributed by atoms with E-state index in [4.69, 9.17) is 18.0 Å². The minimum absolute atomic E-state index is 0.194. The normalized spacial score (nSPS) is 12.8. The molecule has 1 unspecified atom stereocenters. The molecule has 2 N–H and O–H groups in total. The first-order valence-corrected chi connectivity index (χ1v) is 5.90. The van der Waals surface area contributed by atoms with Gasteiger partial charge in [-0.2, -0.15) is 0 Å². The molecule has 0 saturated carbocycles. The van der Waals surface area contributed by atoms with Gasteiger partial charge in [-0.15, -0.1) is 0 Å². The van der Waals surface area contributed by atoms with Crippen LogP contribution in [-0.4, -0.2) is 23.0 Å². The number of hydrogen-bond donors (Lipinski definition) is 1. The molecule has 0 fully saturated rings. The summed E-state index contributed by atoms with van der Waals surface area (Å²) in [6, 6.07) is 2.98. The summed E-state index contributed by atoms with van der Waals surface area (Å²) in [5, 5.41) is 0. The van der Waals surface area contributed by atoms with E-state index in [9.17, 15) is 8.78 Å². The Balaban J connectivity index is 3.18. The molecule has 2 nitrogen and oxygen atoms in total. The average molecular weight is 258 g/mol. The molecule has 1 atom stereocenters. The molecule has 0 aliphatic heterocycles. The fourth-order valence-electron chi connectivity index (χ4n) is 1.84. The van der Waals surface area contributed by atoms with Crippen molar-refractivity contribution in [3.05, 3.63) is 35.4 Å². The van der Waals surface area contributed by atoms with Crippen LogP contribution in [0.25, 0.3) is 0 Å². The lowest BCUT2D eigenvalue weighted by Gasteiger charge is -2.29. The molecule has 0 amide bonds. The second kappa shape index (κ2) is 6.02. The highest BCUT2D eigenvalue weighted by atomic mass is 32.1. The van der Waals surface area contributed by atoms with Crippen molar-refractivity contribution < 1.29 is 8.78 Å². The van der Waals surface area contributed by atoms with Crippen molar-refractivity contribution in [1.29, 1.82) is 0 Å². The minimum Gasteiger partial charge on any atom is -0.392 e. The molecule has 94 valence electrons. The van der Waals surface area contributed by atoms with Crippen LogP contribution in [0.5, 0.6) is 0 Å². The highest BCUT2D eigenvalue weighted by Crippen LogP contribution is 2.24. The molecule has 1 rings (SSSR count). The van der Waals surface area contributed by atoms with Crippen LogP contribution in [0.1, 0.15) is 25.5 Å². The average Bonchev–Trinajstić information content (AvgIpc) is 2.26. The van der Waals surface area contributed by atoms with Gasteiger partial charge >= 0.3 is 0 Å². The topological polar surface area (TPSA) is 29.3 Å². The summed E-state index contributed by atoms with van der Waals surface area (Å²) in [7, 11) is 0. The van der Waals surface area contributed by atoms with Crippen molar-refractivity contribution in [2.24, 2.45) is 5.73 Å². The number of halogens is 2. The molecule has 0 aliphatic carbocycles. The van der Waals surface area contributed by atoms with Gasteiger partial charge in [0.1, 0.15) is 11.6 Å². The van der Waals surface area contributed by atoms with E-state index in [-0.39, 0.29) is 4.99 Å². The minimum atomic E-state index is -0.616. The lowest BCUT2D eigenvalue weighted by atomic mass is 10.0. The number of hydrogen-bond acceptors (Lipinski definition) is 2. The van der Waals surface area contributed by atoms with Crippen LogP contribution in [0, 0.1) is 11.6 Å². The monoisotopic (exact) mass is 258 g/mol. The van der Waals surface area contributed by atoms with Gasteiger partial charge < -0.3 is 5.73 Å². The highest BCUT2D eigenvalue weighted by Gasteiger charge is 2.23. The summed E-state index contributed by atoms with van der Waals surface area (Å²) < 4.78 is 26.6. The van der Waals surface area contributed by atoms with Crippen LogP contribution in [-0.2, 0) is 0 Å². The van der Waals surface area contributed by atoms with Crippen molar-refractivity contribution in [2.75, 3.05) is 13.1 Å². The van der Waals surface area contributed by atoms with E-state index in [0.717, 1.165) is 6.07 Å². The van der Waals surface area contributed by atoms with E-state index in [0.29, 0.717) is 18.7 Å². The molecule has 1 aromatic rings. The SMILES string of the molecule is CCN(CC)C(C(N)=S)c1ccc(F)cc1F. The van der Waals surface area contributed by atoms with Gasteiger partial charge in [0.15, 0.2) is 0 Å². The second-order valence-corrected chi connectivity index (χ2v) is 4.16. The summed E-state index contributed by atoms with van der Waals surface area (Å²) in [6.45, 7) is 5.26. The third-order valence-corrected chi connectivity index (χ3v) is 2.93. The van der Waals surface area contributed by atoms with Crippen LogP contribution in [0.15, 0.2) is 18.2 Å². The summed E-state index contributed by atoms with van der Waals surface area (Å²) in [5.74, 6) is -1.22. The van der Waals surface area contributed by atoms with E-state index < -0.39 is 17.7 Å². The van der Waals surface area contributed by atoms with Crippen LogP contribution in [0.3, 0.4) is 0 Å². The molecule has 0 saturated heterocycles. The highest BCUT2D eigenvalue weighted by molar-refractivity contribution is 7.80. The van der Waals surface area contributed by atoms with E-state index >= 15 is 0 Å². The fraction of sp³-hybridized carbons (Fsp3) is 0.417. The fourth-order valence-corrected chi connectivity index (χ4v) is 2.12. The van der Waals surface area contributed by atoms with Gasteiger partial charge in [-0.3, -0.25) is 4.90 Å². The maximum Gasteiger partial charge on any atom is 0.131 e. The molecule has 0 heterocycles. The molecule has 17 heavy (non-hydrogen) atoms. The van der Waals surface area contributed by atoms with Crippen molar-refractivity contribution in [1.82, 2.24) is 4.90 Å². The summed E-state index contributed by atoms with van der Waals surface area (Å²) >= 11 is 4.98. The first-order chi connectivity index (χ1) is 8.01. The predicted octanol–water partition coefficient (Wildman–Crippen LogP) is 2.63. The van der Waals surface area contributed by atoms with Gasteiger partial charge in [0.05, 0.1) is 11.0 Å². The Hall–Kier alpha value is -1.07. The van der Waals surface area contributed by atoms with Gasteiger partial charge in [0, 0.05) is 11.6 Å². The number of benzene rings is 1. The van der Waals surface area contributed by atoms with Crippen molar-refractivity contribution >= 4 is 17.2 Å². The molecule has 0 aliphatic rings. The molecular formula is C12H16F2N2S. The molecular weight excluding hydrogens is 242 g/mol. The van der Waals surface area contributed by atoms with Crippen molar-refractivity contribution in [3.8, 4) is 0 Å². The number of thiocarbonyl (C=S) groups is 1. The van der Waals surface area contributed by atoms with Crippen LogP contribution in [0.4, 0.5) is 8.78 Å². The first-order valence-electron chi connectivity index (χ1n) is 5.49. The van der Waals surface area contributed by atoms with Crippen LogP contribution >= 0.6 is 12.2 Å². The predicted molar refractivity (Wildman–Crippen MR) is 68.8 cm³/mol. The van der Waals surface area contributed by atoms with Crippen molar-refractivity contribution in [3.63, 3.8) is 0 Å². The molecule has 0 radical (unpaired) electrons. The number of rotatable bonds is 5. The largest absolute Gasteiger partial charge is 0.392 e. The Morgan fingerprint density at radius 1 is 1.35 bits per heavy atom. The lowest BCUT2D eigenvalue weighted by molar-refractivity contribution is 0.267. The zero-order chi connectivity index (χ0) is 13.0. The van der Waals surface area contributed by atoms with Crippen molar-refractivity contribution in [2.45, 2.75) is 19.9 Å². The Bertz CT molecular complexity index is 405. The quantitative estimate of drug-likeness (QED) is 0.823. The zero-order valence-corrected chi connectivity index (χ0v) is 10.7. The van der Waals surface area contributed by atoms with Crippen LogP contribution in [0.2, 0.25) is 0 Å². The standard InChI is InChI=1S/C12H16F2N2S/c1-3-16(4-2)11(12(15)17)9-6-5-8(13)7-10(9)14/h5-7,11H,3-4H2,1-2H3,(H2,15,17). The number of likely N-dealkylation sites (N-methyl/N-ethyl adjacent to an activating group) is 1. The molecule has 5 heteroatoms. The van der Waals surface area contributed by atoms with E-state index in [1.807, 2.05) is 18.7 Å². The maximum atomic E-state index is 13.7. The molecule has 0 bridgehead atoms. The number of nitrogens with two attached hydrogens (primary N) is 1. The van der Waals surface area contributed by atoms with Gasteiger partial charge in [-0.1, -0.05) is 32.1 Å². The van der Waals surface area contributed by atoms with Gasteiger partial charge in [0.25, 0.3) is 0 Å². The molecule has 0 aromatic heterocycles. The Kier molecular flexibility index (Phi) is 4.96. The Morgan fingerprint density at radius 2 is 1.94 bits per heavy atom. The third-order valence-electron chi connectivity index (χ3n) is 2.70. The molecule has 1 aromatic carbocycles. The maximum absolute atomic E-state index is 13.7. The Morgan fingerprint density at radius 3 is 2.35 bits per heavy atom. The Labute approximate surface area is 105 Å². The molecule has 0 spiro atoms. The van der Waals surface area contributed by atoms with Gasteiger partial charge in [-0.25, -0.2) is 8.78 Å². The van der Waals surface area contributed by atoms with E-state index in [1.165, 1.54) is 12.1 Å². The number of nitrogens with zero attached hydrogens (tertiary/aromatic N) is 1. The zero-order valence-electron chi connectivity index (χ0n) is 9.91. The summed E-state index contributed by atoms with van der Waals surface area (Å²) in [6.07, 6.45) is 0. The second-order valence-electron chi connectivity index (χ2n) is 3.69. The van der Waals surface area contributed by atoms with E-state index in [1.54, 1.807) is 0 Å². The van der Waals surface area contributed by atoms with Gasteiger partial charge in [-0.05, 0) is 19.2 Å². The van der Waals surface area contributed by atoms with Gasteiger partial charge in [0.2, 0.25) is 0 Å².